The van der Waals surface area contributed by atoms with Gasteiger partial charge >= 0.3 is 0 Å². The summed E-state index contributed by atoms with van der Waals surface area (Å²) < 4.78 is 0. The third-order valence-corrected chi connectivity index (χ3v) is 3.19. The highest BCUT2D eigenvalue weighted by atomic mass is 16.3. The Morgan fingerprint density at radius 2 is 1.91 bits per heavy atom. The molecule has 7 heteroatoms. The second-order valence-electron chi connectivity index (χ2n) is 4.67. The van der Waals surface area contributed by atoms with Crippen LogP contribution in [0.2, 0.25) is 0 Å². The maximum absolute atomic E-state index is 11.9. The quantitative estimate of drug-likeness (QED) is 0.411. The molecule has 0 aliphatic carbocycles. The van der Waals surface area contributed by atoms with Crippen LogP contribution in [0.25, 0.3) is 6.08 Å². The average Bonchev–Trinajstić information content (AvgIpc) is 2.54. The maximum atomic E-state index is 11.9. The Labute approximate surface area is 134 Å². The molecule has 0 unspecified atom stereocenters. The molecule has 0 bridgehead atoms. The number of hydrogen-bond donors (Lipinski definition) is 3. The Hall–Kier alpha value is -3.01. The smallest absolute Gasteiger partial charge is 0.262 e. The number of aromatic hydroxyl groups is 2. The third kappa shape index (κ3) is 5.04. The fourth-order valence-electron chi connectivity index (χ4n) is 1.88. The summed E-state index contributed by atoms with van der Waals surface area (Å²) in [7, 11) is 0. The first-order valence-corrected chi connectivity index (χ1v) is 7.12. The molecule has 0 fully saturated rings. The number of nitrogens with one attached hydrogen (secondary N) is 1. The van der Waals surface area contributed by atoms with Crippen LogP contribution in [0.4, 0.5) is 0 Å². The fraction of sp³-hybridized carbons (Fsp3) is 0.312. The zero-order chi connectivity index (χ0) is 17.4. The summed E-state index contributed by atoms with van der Waals surface area (Å²) >= 11 is 0. The van der Waals surface area contributed by atoms with Gasteiger partial charge < -0.3 is 20.4 Å². The highest BCUT2D eigenvalue weighted by Crippen LogP contribution is 2.25. The number of carbonyl (C=O) groups is 2. The van der Waals surface area contributed by atoms with Crippen LogP contribution in [0.15, 0.2) is 23.8 Å². The molecule has 1 aromatic carbocycles. The van der Waals surface area contributed by atoms with E-state index < -0.39 is 5.91 Å². The molecule has 2 amide bonds. The SMILES string of the molecule is CCN(CC)C(=O)CNC(=O)/C(C#N)=C/c1ccc(O)c(O)c1. The third-order valence-electron chi connectivity index (χ3n) is 3.19. The molecule has 0 saturated carbocycles. The van der Waals surface area contributed by atoms with Gasteiger partial charge in [-0.2, -0.15) is 5.26 Å². The van der Waals surface area contributed by atoms with Crippen molar-refractivity contribution in [3.05, 3.63) is 29.3 Å². The number of nitriles is 1. The molecule has 0 saturated heterocycles. The zero-order valence-corrected chi connectivity index (χ0v) is 13.0. The van der Waals surface area contributed by atoms with Crippen molar-refractivity contribution in [1.82, 2.24) is 10.2 Å². The van der Waals surface area contributed by atoms with Crippen molar-refractivity contribution in [2.24, 2.45) is 0 Å². The highest BCUT2D eigenvalue weighted by molar-refractivity contribution is 6.03. The first-order chi connectivity index (χ1) is 10.9. The lowest BCUT2D eigenvalue weighted by Gasteiger charge is -2.18. The van der Waals surface area contributed by atoms with E-state index >= 15 is 0 Å². The Kier molecular flexibility index (Phi) is 6.62. The predicted octanol–water partition coefficient (Wildman–Crippen LogP) is 0.989. The van der Waals surface area contributed by atoms with Crippen molar-refractivity contribution in [3.63, 3.8) is 0 Å². The molecule has 0 aliphatic rings. The van der Waals surface area contributed by atoms with Crippen molar-refractivity contribution in [3.8, 4) is 17.6 Å². The first-order valence-electron chi connectivity index (χ1n) is 7.12. The summed E-state index contributed by atoms with van der Waals surface area (Å²) in [6.07, 6.45) is 1.26. The highest BCUT2D eigenvalue weighted by Gasteiger charge is 2.14. The minimum atomic E-state index is -0.680. The average molecular weight is 317 g/mol. The van der Waals surface area contributed by atoms with E-state index in [4.69, 9.17) is 5.26 Å². The van der Waals surface area contributed by atoms with Crippen LogP contribution in [0.5, 0.6) is 11.5 Å². The minimum Gasteiger partial charge on any atom is -0.504 e. The zero-order valence-electron chi connectivity index (χ0n) is 13.0. The largest absolute Gasteiger partial charge is 0.504 e. The molecule has 0 spiro atoms. The van der Waals surface area contributed by atoms with Gasteiger partial charge in [0.15, 0.2) is 11.5 Å². The van der Waals surface area contributed by atoms with E-state index in [-0.39, 0.29) is 29.5 Å². The Balaban J connectivity index is 2.79. The van der Waals surface area contributed by atoms with Crippen LogP contribution in [0, 0.1) is 11.3 Å². The van der Waals surface area contributed by atoms with Gasteiger partial charge in [-0.3, -0.25) is 9.59 Å². The summed E-state index contributed by atoms with van der Waals surface area (Å²) in [5.41, 5.74) is 0.171. The van der Waals surface area contributed by atoms with Gasteiger partial charge in [0.2, 0.25) is 5.91 Å². The summed E-state index contributed by atoms with van der Waals surface area (Å²) in [6, 6.07) is 5.66. The lowest BCUT2D eigenvalue weighted by Crippen LogP contribution is -2.40. The van der Waals surface area contributed by atoms with Crippen LogP contribution in [-0.2, 0) is 9.59 Å². The minimum absolute atomic E-state index is 0.194. The second kappa shape index (κ2) is 8.44. The number of benzene rings is 1. The number of likely N-dealkylation sites (N-methyl/N-ethyl adjacent to an activating group) is 1. The molecule has 0 aromatic heterocycles. The lowest BCUT2D eigenvalue weighted by atomic mass is 10.1. The van der Waals surface area contributed by atoms with E-state index in [1.54, 1.807) is 11.0 Å². The van der Waals surface area contributed by atoms with Crippen LogP contribution < -0.4 is 5.32 Å². The normalized spacial score (nSPS) is 10.7. The fourth-order valence-corrected chi connectivity index (χ4v) is 1.88. The molecule has 0 radical (unpaired) electrons. The van der Waals surface area contributed by atoms with E-state index in [9.17, 15) is 19.8 Å². The van der Waals surface area contributed by atoms with Gasteiger partial charge in [0, 0.05) is 13.1 Å². The van der Waals surface area contributed by atoms with Crippen molar-refractivity contribution in [1.29, 1.82) is 5.26 Å². The van der Waals surface area contributed by atoms with Gasteiger partial charge in [0.25, 0.3) is 5.91 Å². The second-order valence-corrected chi connectivity index (χ2v) is 4.67. The van der Waals surface area contributed by atoms with Crippen LogP contribution in [-0.4, -0.2) is 46.6 Å². The van der Waals surface area contributed by atoms with Gasteiger partial charge in [-0.15, -0.1) is 0 Å². The summed E-state index contributed by atoms with van der Waals surface area (Å²) in [5, 5.41) is 30.1. The van der Waals surface area contributed by atoms with Crippen LogP contribution in [0.3, 0.4) is 0 Å². The van der Waals surface area contributed by atoms with Crippen molar-refractivity contribution < 1.29 is 19.8 Å². The molecule has 1 rings (SSSR count). The maximum Gasteiger partial charge on any atom is 0.262 e. The molecule has 0 atom stereocenters. The monoisotopic (exact) mass is 317 g/mol. The van der Waals surface area contributed by atoms with Gasteiger partial charge in [-0.05, 0) is 37.6 Å². The lowest BCUT2D eigenvalue weighted by molar-refractivity contribution is -0.131. The van der Waals surface area contributed by atoms with Crippen LogP contribution in [0.1, 0.15) is 19.4 Å². The number of nitrogens with zero attached hydrogens (tertiary/aromatic N) is 2. The number of carbonyl (C=O) groups excluding carboxylic acids is 2. The van der Waals surface area contributed by atoms with Gasteiger partial charge in [-0.1, -0.05) is 6.07 Å². The van der Waals surface area contributed by atoms with Crippen molar-refractivity contribution in [2.75, 3.05) is 19.6 Å². The first kappa shape index (κ1) is 18.0. The molecule has 3 N–H and O–H groups in total. The van der Waals surface area contributed by atoms with Gasteiger partial charge in [-0.25, -0.2) is 0 Å². The number of phenols is 2. The van der Waals surface area contributed by atoms with E-state index in [0.29, 0.717) is 18.7 Å². The Morgan fingerprint density at radius 3 is 2.43 bits per heavy atom. The van der Waals surface area contributed by atoms with E-state index in [2.05, 4.69) is 5.32 Å². The van der Waals surface area contributed by atoms with E-state index in [0.717, 1.165) is 0 Å². The topological polar surface area (TPSA) is 114 Å². The Bertz CT molecular complexity index is 658. The van der Waals surface area contributed by atoms with E-state index in [1.165, 1.54) is 24.3 Å². The summed E-state index contributed by atoms with van der Waals surface area (Å²) in [4.78, 5) is 25.3. The van der Waals surface area contributed by atoms with Crippen molar-refractivity contribution >= 4 is 17.9 Å². The molecule has 122 valence electrons. The van der Waals surface area contributed by atoms with Crippen LogP contribution >= 0.6 is 0 Å². The van der Waals surface area contributed by atoms with Crippen molar-refractivity contribution in [2.45, 2.75) is 13.8 Å². The molecule has 23 heavy (non-hydrogen) atoms. The molecule has 0 heterocycles. The molecule has 1 aromatic rings. The summed E-state index contributed by atoms with van der Waals surface area (Å²) in [6.45, 7) is 4.56. The number of amides is 2. The number of phenolic OH excluding ortho intramolecular Hbond substituents is 2. The summed E-state index contributed by atoms with van der Waals surface area (Å²) in [5.74, 6) is -1.56. The number of rotatable bonds is 6. The predicted molar refractivity (Wildman–Crippen MR) is 84.3 cm³/mol. The van der Waals surface area contributed by atoms with Gasteiger partial charge in [0.1, 0.15) is 11.6 Å². The molecular weight excluding hydrogens is 298 g/mol. The molecule has 0 aliphatic heterocycles. The van der Waals surface area contributed by atoms with E-state index in [1.807, 2.05) is 13.8 Å². The number of hydrogen-bond acceptors (Lipinski definition) is 5. The molecule has 7 nitrogen and oxygen atoms in total. The standard InChI is InChI=1S/C16H19N3O4/c1-3-19(4-2)15(22)10-18-16(23)12(9-17)7-11-5-6-13(20)14(21)8-11/h5-8,20-21H,3-4,10H2,1-2H3,(H,18,23)/b12-7+. The van der Waals surface area contributed by atoms with Gasteiger partial charge in [0.05, 0.1) is 6.54 Å². The Morgan fingerprint density at radius 1 is 1.26 bits per heavy atom. The molecular formula is C16H19N3O4.